The first-order valence-electron chi connectivity index (χ1n) is 10.2. The van der Waals surface area contributed by atoms with Gasteiger partial charge in [0, 0.05) is 65.3 Å². The molecule has 152 valence electrons. The SMILES string of the molecule is CCNC(=NCCCOCC1CCOCC1)NCCN(C)c1ccccc1. The number of likely N-dealkylation sites (N-methyl/N-ethyl adjacent to an activating group) is 1. The maximum Gasteiger partial charge on any atom is 0.191 e. The van der Waals surface area contributed by atoms with Crippen molar-refractivity contribution >= 4 is 11.6 Å². The first kappa shape index (κ1) is 21.5. The Morgan fingerprint density at radius 3 is 2.74 bits per heavy atom. The third-order valence-electron chi connectivity index (χ3n) is 4.69. The number of benzene rings is 1. The van der Waals surface area contributed by atoms with E-state index in [2.05, 4.69) is 58.8 Å². The van der Waals surface area contributed by atoms with Gasteiger partial charge in [0.05, 0.1) is 0 Å². The molecular weight excluding hydrogens is 340 g/mol. The highest BCUT2D eigenvalue weighted by molar-refractivity contribution is 5.79. The Labute approximate surface area is 164 Å². The molecule has 2 N–H and O–H groups in total. The summed E-state index contributed by atoms with van der Waals surface area (Å²) in [5, 5.41) is 6.71. The van der Waals surface area contributed by atoms with E-state index in [1.54, 1.807) is 0 Å². The van der Waals surface area contributed by atoms with Crippen molar-refractivity contribution in [1.29, 1.82) is 0 Å². The second-order valence-electron chi connectivity index (χ2n) is 6.93. The number of aliphatic imine (C=N–C) groups is 1. The van der Waals surface area contributed by atoms with Crippen molar-refractivity contribution in [3.05, 3.63) is 30.3 Å². The van der Waals surface area contributed by atoms with E-state index in [0.717, 1.165) is 77.8 Å². The Hall–Kier alpha value is -1.79. The van der Waals surface area contributed by atoms with Gasteiger partial charge in [-0.25, -0.2) is 0 Å². The smallest absolute Gasteiger partial charge is 0.191 e. The molecular formula is C21H36N4O2. The molecule has 0 aliphatic carbocycles. The molecule has 0 spiro atoms. The molecule has 27 heavy (non-hydrogen) atoms. The summed E-state index contributed by atoms with van der Waals surface area (Å²) in [6, 6.07) is 10.4. The van der Waals surface area contributed by atoms with Crippen molar-refractivity contribution in [2.24, 2.45) is 10.9 Å². The second kappa shape index (κ2) is 13.4. The number of nitrogens with one attached hydrogen (secondary N) is 2. The molecule has 1 fully saturated rings. The summed E-state index contributed by atoms with van der Waals surface area (Å²) in [7, 11) is 2.11. The fraction of sp³-hybridized carbons (Fsp3) is 0.667. The van der Waals surface area contributed by atoms with Crippen LogP contribution in [0.4, 0.5) is 5.69 Å². The van der Waals surface area contributed by atoms with E-state index >= 15 is 0 Å². The quantitative estimate of drug-likeness (QED) is 0.353. The standard InChI is InChI=1S/C21H36N4O2/c1-3-22-21(24-13-14-25(2)20-8-5-4-6-9-20)23-12-7-15-27-18-19-10-16-26-17-11-19/h4-6,8-9,19H,3,7,10-18H2,1-2H3,(H2,22,23,24). The maximum absolute atomic E-state index is 5.80. The fourth-order valence-electron chi connectivity index (χ4n) is 3.02. The summed E-state index contributed by atoms with van der Waals surface area (Å²) in [6.45, 7) is 8.89. The second-order valence-corrected chi connectivity index (χ2v) is 6.93. The van der Waals surface area contributed by atoms with Crippen LogP contribution in [-0.4, -0.2) is 65.6 Å². The molecule has 0 atom stereocenters. The van der Waals surface area contributed by atoms with Gasteiger partial charge in [-0.15, -0.1) is 0 Å². The van der Waals surface area contributed by atoms with Gasteiger partial charge in [-0.05, 0) is 44.2 Å². The summed E-state index contributed by atoms with van der Waals surface area (Å²) in [5.74, 6) is 1.55. The molecule has 1 aromatic rings. The first-order chi connectivity index (χ1) is 13.3. The van der Waals surface area contributed by atoms with Crippen LogP contribution in [0.25, 0.3) is 0 Å². The minimum absolute atomic E-state index is 0.669. The molecule has 1 saturated heterocycles. The maximum atomic E-state index is 5.80. The number of para-hydroxylation sites is 1. The van der Waals surface area contributed by atoms with Gasteiger partial charge in [-0.2, -0.15) is 0 Å². The topological polar surface area (TPSA) is 58.1 Å². The van der Waals surface area contributed by atoms with Gasteiger partial charge in [0.2, 0.25) is 0 Å². The third-order valence-corrected chi connectivity index (χ3v) is 4.69. The molecule has 0 radical (unpaired) electrons. The Kier molecular flexibility index (Phi) is 10.7. The van der Waals surface area contributed by atoms with Crippen LogP contribution in [0.15, 0.2) is 35.3 Å². The van der Waals surface area contributed by atoms with Gasteiger partial charge in [0.25, 0.3) is 0 Å². The highest BCUT2D eigenvalue weighted by Crippen LogP contribution is 2.14. The number of hydrogen-bond acceptors (Lipinski definition) is 4. The van der Waals surface area contributed by atoms with Crippen LogP contribution in [0.2, 0.25) is 0 Å². The van der Waals surface area contributed by atoms with Gasteiger partial charge < -0.3 is 25.0 Å². The van der Waals surface area contributed by atoms with Crippen molar-refractivity contribution in [1.82, 2.24) is 10.6 Å². The number of anilines is 1. The van der Waals surface area contributed by atoms with E-state index in [1.807, 2.05) is 6.07 Å². The average Bonchev–Trinajstić information content (AvgIpc) is 2.71. The summed E-state index contributed by atoms with van der Waals surface area (Å²) >= 11 is 0. The number of guanidine groups is 1. The van der Waals surface area contributed by atoms with Gasteiger partial charge in [-0.3, -0.25) is 4.99 Å². The van der Waals surface area contributed by atoms with E-state index in [1.165, 1.54) is 5.69 Å². The summed E-state index contributed by atoms with van der Waals surface area (Å²) in [6.07, 6.45) is 3.21. The lowest BCUT2D eigenvalue weighted by atomic mass is 10.0. The Morgan fingerprint density at radius 1 is 1.22 bits per heavy atom. The number of nitrogens with zero attached hydrogens (tertiary/aromatic N) is 2. The van der Waals surface area contributed by atoms with Gasteiger partial charge in [0.1, 0.15) is 0 Å². The molecule has 0 saturated carbocycles. The van der Waals surface area contributed by atoms with Gasteiger partial charge >= 0.3 is 0 Å². The predicted molar refractivity (Wildman–Crippen MR) is 113 cm³/mol. The largest absolute Gasteiger partial charge is 0.381 e. The Balaban J connectivity index is 1.58. The normalized spacial score (nSPS) is 15.6. The van der Waals surface area contributed by atoms with Gasteiger partial charge in [0.15, 0.2) is 5.96 Å². The lowest BCUT2D eigenvalue weighted by Gasteiger charge is -2.21. The minimum Gasteiger partial charge on any atom is -0.381 e. The lowest BCUT2D eigenvalue weighted by Crippen LogP contribution is -2.41. The monoisotopic (exact) mass is 376 g/mol. The van der Waals surface area contributed by atoms with Crippen LogP contribution in [0, 0.1) is 5.92 Å². The lowest BCUT2D eigenvalue weighted by molar-refractivity contribution is 0.0205. The molecule has 0 amide bonds. The van der Waals surface area contributed by atoms with Gasteiger partial charge in [-0.1, -0.05) is 18.2 Å². The summed E-state index contributed by atoms with van der Waals surface area (Å²) in [4.78, 5) is 6.88. The molecule has 0 aromatic heterocycles. The number of hydrogen-bond donors (Lipinski definition) is 2. The first-order valence-corrected chi connectivity index (χ1v) is 10.2. The van der Waals surface area contributed by atoms with E-state index in [9.17, 15) is 0 Å². The van der Waals surface area contributed by atoms with E-state index in [-0.39, 0.29) is 0 Å². The van der Waals surface area contributed by atoms with Crippen LogP contribution in [0.5, 0.6) is 0 Å². The molecule has 0 unspecified atom stereocenters. The fourth-order valence-corrected chi connectivity index (χ4v) is 3.02. The zero-order valence-corrected chi connectivity index (χ0v) is 17.0. The number of ether oxygens (including phenoxy) is 2. The molecule has 1 aliphatic rings. The van der Waals surface area contributed by atoms with E-state index in [0.29, 0.717) is 5.92 Å². The van der Waals surface area contributed by atoms with Crippen molar-refractivity contribution in [3.8, 4) is 0 Å². The van der Waals surface area contributed by atoms with E-state index in [4.69, 9.17) is 9.47 Å². The van der Waals surface area contributed by atoms with Crippen LogP contribution < -0.4 is 15.5 Å². The third kappa shape index (κ3) is 9.11. The zero-order valence-electron chi connectivity index (χ0n) is 17.0. The predicted octanol–water partition coefficient (Wildman–Crippen LogP) is 2.51. The molecule has 1 aromatic carbocycles. The molecule has 0 bridgehead atoms. The summed E-state index contributed by atoms with van der Waals surface area (Å²) < 4.78 is 11.2. The van der Waals surface area contributed by atoms with Crippen LogP contribution in [0.3, 0.4) is 0 Å². The number of rotatable bonds is 11. The Morgan fingerprint density at radius 2 is 2.00 bits per heavy atom. The van der Waals surface area contributed by atoms with Crippen molar-refractivity contribution in [2.45, 2.75) is 26.2 Å². The molecule has 6 heteroatoms. The van der Waals surface area contributed by atoms with Crippen molar-refractivity contribution in [3.63, 3.8) is 0 Å². The minimum atomic E-state index is 0.669. The molecule has 2 rings (SSSR count). The average molecular weight is 377 g/mol. The molecule has 1 heterocycles. The summed E-state index contributed by atoms with van der Waals surface area (Å²) in [5.41, 5.74) is 1.22. The zero-order chi connectivity index (χ0) is 19.2. The van der Waals surface area contributed by atoms with Crippen molar-refractivity contribution < 1.29 is 9.47 Å². The highest BCUT2D eigenvalue weighted by Gasteiger charge is 2.13. The molecule has 1 aliphatic heterocycles. The van der Waals surface area contributed by atoms with E-state index < -0.39 is 0 Å². The van der Waals surface area contributed by atoms with Crippen LogP contribution in [0.1, 0.15) is 26.2 Å². The van der Waals surface area contributed by atoms with Crippen LogP contribution in [-0.2, 0) is 9.47 Å². The van der Waals surface area contributed by atoms with Crippen molar-refractivity contribution in [2.75, 3.05) is 64.6 Å². The Bertz CT molecular complexity index is 518. The van der Waals surface area contributed by atoms with Crippen LogP contribution >= 0.6 is 0 Å². The highest BCUT2D eigenvalue weighted by atomic mass is 16.5. The molecule has 6 nitrogen and oxygen atoms in total.